The third-order valence-corrected chi connectivity index (χ3v) is 4.40. The van der Waals surface area contributed by atoms with Crippen molar-refractivity contribution in [2.45, 2.75) is 25.7 Å². The number of carbonyl (C=O) groups excluding carboxylic acids is 1. The Morgan fingerprint density at radius 1 is 1.21 bits per heavy atom. The van der Waals surface area contributed by atoms with Crippen LogP contribution >= 0.6 is 0 Å². The lowest BCUT2D eigenvalue weighted by Gasteiger charge is -2.25. The topological polar surface area (TPSA) is 97.1 Å². The van der Waals surface area contributed by atoms with Gasteiger partial charge in [0.05, 0.1) is 5.92 Å². The summed E-state index contributed by atoms with van der Waals surface area (Å²) in [5.41, 5.74) is 1.56. The number of hydrogen-bond acceptors (Lipinski definition) is 4. The first kappa shape index (κ1) is 16.2. The Bertz CT molecular complexity index is 739. The van der Waals surface area contributed by atoms with Crippen molar-refractivity contribution in [1.29, 1.82) is 0 Å². The minimum absolute atomic E-state index is 0.107. The number of carboxylic acid groups (broad SMARTS) is 1. The third-order valence-electron chi connectivity index (χ3n) is 4.40. The van der Waals surface area contributed by atoms with Crippen LogP contribution in [-0.4, -0.2) is 31.7 Å². The molecule has 1 aliphatic rings. The highest BCUT2D eigenvalue weighted by Crippen LogP contribution is 2.30. The zero-order valence-corrected chi connectivity index (χ0v) is 13.5. The maximum absolute atomic E-state index is 12.4. The van der Waals surface area contributed by atoms with Crippen molar-refractivity contribution in [2.75, 3.05) is 5.32 Å². The van der Waals surface area contributed by atoms with E-state index in [-0.39, 0.29) is 11.8 Å². The predicted molar refractivity (Wildman–Crippen MR) is 88.2 cm³/mol. The molecule has 3 rings (SSSR count). The number of nitrogens with one attached hydrogen (secondary N) is 1. The summed E-state index contributed by atoms with van der Waals surface area (Å²) in [6, 6.07) is 7.32. The minimum Gasteiger partial charge on any atom is -0.481 e. The van der Waals surface area contributed by atoms with Crippen molar-refractivity contribution in [2.24, 2.45) is 18.9 Å². The maximum atomic E-state index is 12.4. The van der Waals surface area contributed by atoms with Crippen molar-refractivity contribution in [3.8, 4) is 11.4 Å². The Labute approximate surface area is 139 Å². The lowest BCUT2D eigenvalue weighted by atomic mass is 9.81. The van der Waals surface area contributed by atoms with Gasteiger partial charge in [-0.3, -0.25) is 14.3 Å². The van der Waals surface area contributed by atoms with Crippen LogP contribution in [0.1, 0.15) is 25.7 Å². The number of rotatable bonds is 4. The molecular weight excluding hydrogens is 308 g/mol. The Morgan fingerprint density at radius 3 is 2.54 bits per heavy atom. The van der Waals surface area contributed by atoms with E-state index in [0.717, 1.165) is 18.4 Å². The second kappa shape index (κ2) is 6.82. The molecule has 2 aromatic rings. The fourth-order valence-electron chi connectivity index (χ4n) is 3.07. The van der Waals surface area contributed by atoms with Crippen molar-refractivity contribution in [3.05, 3.63) is 30.6 Å². The molecule has 1 amide bonds. The van der Waals surface area contributed by atoms with E-state index in [0.29, 0.717) is 24.4 Å². The fraction of sp³-hybridized carbons (Fsp3) is 0.412. The van der Waals surface area contributed by atoms with Crippen LogP contribution in [0, 0.1) is 11.8 Å². The van der Waals surface area contributed by atoms with Gasteiger partial charge in [-0.1, -0.05) is 6.42 Å². The number of hydrogen-bond donors (Lipinski definition) is 2. The molecule has 2 unspecified atom stereocenters. The molecule has 24 heavy (non-hydrogen) atoms. The second-order valence-corrected chi connectivity index (χ2v) is 6.21. The summed E-state index contributed by atoms with van der Waals surface area (Å²) in [5.74, 6) is -0.930. The van der Waals surface area contributed by atoms with Crippen LogP contribution < -0.4 is 5.32 Å². The van der Waals surface area contributed by atoms with Gasteiger partial charge in [-0.05, 0) is 43.5 Å². The smallest absolute Gasteiger partial charge is 0.306 e. The summed E-state index contributed by atoms with van der Waals surface area (Å²) in [5, 5.41) is 16.2. The van der Waals surface area contributed by atoms with Crippen LogP contribution in [0.4, 0.5) is 5.69 Å². The van der Waals surface area contributed by atoms with Gasteiger partial charge in [0.2, 0.25) is 5.91 Å². The van der Waals surface area contributed by atoms with E-state index < -0.39 is 11.9 Å². The molecule has 1 heterocycles. The number of anilines is 1. The van der Waals surface area contributed by atoms with Crippen LogP contribution in [0.5, 0.6) is 0 Å². The number of amides is 1. The fourth-order valence-corrected chi connectivity index (χ4v) is 3.07. The van der Waals surface area contributed by atoms with Gasteiger partial charge in [0.25, 0.3) is 0 Å². The Morgan fingerprint density at radius 2 is 1.92 bits per heavy atom. The van der Waals surface area contributed by atoms with Crippen molar-refractivity contribution < 1.29 is 14.7 Å². The van der Waals surface area contributed by atoms with Crippen molar-refractivity contribution in [3.63, 3.8) is 0 Å². The molecule has 7 nitrogen and oxygen atoms in total. The SMILES string of the molecule is Cn1cnc(-c2ccc(NC(=O)C3CCCC(C(=O)O)C3)cc2)n1. The standard InChI is InChI=1S/C17H20N4O3/c1-21-10-18-15(20-21)11-5-7-14(8-6-11)19-16(22)12-3-2-4-13(9-12)17(23)24/h5-8,10,12-13H,2-4,9H2,1H3,(H,19,22)(H,23,24). The van der Waals surface area contributed by atoms with Crippen LogP contribution in [0.2, 0.25) is 0 Å². The Balaban J connectivity index is 1.63. The highest BCUT2D eigenvalue weighted by Gasteiger charge is 2.30. The van der Waals surface area contributed by atoms with Crippen LogP contribution in [0.3, 0.4) is 0 Å². The van der Waals surface area contributed by atoms with Gasteiger partial charge in [0, 0.05) is 24.2 Å². The zero-order valence-electron chi connectivity index (χ0n) is 13.5. The highest BCUT2D eigenvalue weighted by atomic mass is 16.4. The molecule has 0 bridgehead atoms. The van der Waals surface area contributed by atoms with Crippen LogP contribution in [0.15, 0.2) is 30.6 Å². The molecule has 0 aliphatic heterocycles. The van der Waals surface area contributed by atoms with Gasteiger partial charge in [-0.15, -0.1) is 0 Å². The number of aromatic nitrogens is 3. The molecular formula is C17H20N4O3. The van der Waals surface area contributed by atoms with E-state index in [4.69, 9.17) is 5.11 Å². The second-order valence-electron chi connectivity index (χ2n) is 6.21. The molecule has 0 radical (unpaired) electrons. The van der Waals surface area contributed by atoms with Gasteiger partial charge >= 0.3 is 5.97 Å². The summed E-state index contributed by atoms with van der Waals surface area (Å²) in [7, 11) is 1.81. The lowest BCUT2D eigenvalue weighted by molar-refractivity contribution is -0.143. The Kier molecular flexibility index (Phi) is 4.59. The monoisotopic (exact) mass is 328 g/mol. The first-order valence-electron chi connectivity index (χ1n) is 8.02. The lowest BCUT2D eigenvalue weighted by Crippen LogP contribution is -2.30. The number of carbonyl (C=O) groups is 2. The third kappa shape index (κ3) is 3.61. The average Bonchev–Trinajstić information content (AvgIpc) is 3.02. The summed E-state index contributed by atoms with van der Waals surface area (Å²) >= 11 is 0. The first-order valence-corrected chi connectivity index (χ1v) is 8.02. The van der Waals surface area contributed by atoms with E-state index in [1.54, 1.807) is 30.2 Å². The number of carboxylic acids is 1. The normalized spacial score (nSPS) is 20.5. The van der Waals surface area contributed by atoms with Gasteiger partial charge in [-0.2, -0.15) is 5.10 Å². The number of aliphatic carboxylic acids is 1. The summed E-state index contributed by atoms with van der Waals surface area (Å²) in [6.07, 6.45) is 4.22. The van der Waals surface area contributed by atoms with E-state index in [9.17, 15) is 9.59 Å². The predicted octanol–water partition coefficient (Wildman–Crippen LogP) is 2.31. The summed E-state index contributed by atoms with van der Waals surface area (Å²) in [6.45, 7) is 0. The van der Waals surface area contributed by atoms with Crippen molar-refractivity contribution >= 4 is 17.6 Å². The van der Waals surface area contributed by atoms with Gasteiger partial charge < -0.3 is 10.4 Å². The number of nitrogens with zero attached hydrogens (tertiary/aromatic N) is 3. The number of aryl methyl sites for hydroxylation is 1. The Hall–Kier alpha value is -2.70. The first-order chi connectivity index (χ1) is 11.5. The van der Waals surface area contributed by atoms with E-state index in [1.807, 2.05) is 12.1 Å². The number of benzene rings is 1. The molecule has 7 heteroatoms. The van der Waals surface area contributed by atoms with Crippen LogP contribution in [0.25, 0.3) is 11.4 Å². The molecule has 0 spiro atoms. The van der Waals surface area contributed by atoms with E-state index >= 15 is 0 Å². The van der Waals surface area contributed by atoms with Gasteiger partial charge in [-0.25, -0.2) is 4.98 Å². The highest BCUT2D eigenvalue weighted by molar-refractivity contribution is 5.93. The van der Waals surface area contributed by atoms with Crippen molar-refractivity contribution in [1.82, 2.24) is 14.8 Å². The maximum Gasteiger partial charge on any atom is 0.306 e. The molecule has 1 aromatic heterocycles. The quantitative estimate of drug-likeness (QED) is 0.897. The molecule has 2 N–H and O–H groups in total. The summed E-state index contributed by atoms with van der Waals surface area (Å²) in [4.78, 5) is 27.7. The minimum atomic E-state index is -0.806. The van der Waals surface area contributed by atoms with E-state index in [1.165, 1.54) is 0 Å². The van der Waals surface area contributed by atoms with Crippen LogP contribution in [-0.2, 0) is 16.6 Å². The molecule has 2 atom stereocenters. The average molecular weight is 328 g/mol. The molecule has 1 aromatic carbocycles. The molecule has 1 fully saturated rings. The summed E-state index contributed by atoms with van der Waals surface area (Å²) < 4.78 is 1.63. The van der Waals surface area contributed by atoms with E-state index in [2.05, 4.69) is 15.4 Å². The zero-order chi connectivity index (χ0) is 17.1. The van der Waals surface area contributed by atoms with Gasteiger partial charge in [0.1, 0.15) is 6.33 Å². The molecule has 1 saturated carbocycles. The molecule has 126 valence electrons. The molecule has 0 saturated heterocycles. The largest absolute Gasteiger partial charge is 0.481 e. The molecule has 1 aliphatic carbocycles. The van der Waals surface area contributed by atoms with Gasteiger partial charge in [0.15, 0.2) is 5.82 Å².